The van der Waals surface area contributed by atoms with Crippen molar-refractivity contribution in [1.82, 2.24) is 20.2 Å². The van der Waals surface area contributed by atoms with E-state index in [0.29, 0.717) is 24.4 Å². The van der Waals surface area contributed by atoms with Crippen LogP contribution in [0.3, 0.4) is 0 Å². The van der Waals surface area contributed by atoms with Gasteiger partial charge in [0.25, 0.3) is 5.91 Å². The van der Waals surface area contributed by atoms with Crippen LogP contribution in [0.1, 0.15) is 28.2 Å². The molecule has 2 aromatic rings. The van der Waals surface area contributed by atoms with E-state index in [1.807, 2.05) is 25.1 Å². The number of carbonyl (C=O) groups excluding carboxylic acids is 1. The summed E-state index contributed by atoms with van der Waals surface area (Å²) in [5.74, 6) is 0.227. The predicted molar refractivity (Wildman–Crippen MR) is 108 cm³/mol. The van der Waals surface area contributed by atoms with Crippen LogP contribution in [0.5, 0.6) is 11.8 Å². The number of rotatable bonds is 7. The van der Waals surface area contributed by atoms with Gasteiger partial charge in [0.2, 0.25) is 11.8 Å². The zero-order chi connectivity index (χ0) is 20.8. The number of nitrogens with one attached hydrogen (secondary N) is 1. The van der Waals surface area contributed by atoms with Gasteiger partial charge in [-0.1, -0.05) is 6.07 Å². The molecule has 0 radical (unpaired) electrons. The summed E-state index contributed by atoms with van der Waals surface area (Å²) in [4.78, 5) is 23.7. The smallest absolute Gasteiger partial charge is 0.257 e. The van der Waals surface area contributed by atoms with E-state index in [0.717, 1.165) is 30.9 Å². The van der Waals surface area contributed by atoms with Crippen LogP contribution in [0.4, 0.5) is 0 Å². The molecule has 0 spiro atoms. The molecule has 1 saturated heterocycles. The highest BCUT2D eigenvalue weighted by molar-refractivity contribution is 5.96. The van der Waals surface area contributed by atoms with Crippen molar-refractivity contribution in [2.75, 3.05) is 33.9 Å². The molecule has 0 aromatic carbocycles. The minimum Gasteiger partial charge on any atom is -0.481 e. The fourth-order valence-electron chi connectivity index (χ4n) is 3.48. The molecule has 1 aliphatic rings. The normalized spacial score (nSPS) is 19.6. The van der Waals surface area contributed by atoms with Crippen LogP contribution < -0.4 is 14.8 Å². The Hall–Kier alpha value is -2.71. The number of ether oxygens (including phenoxy) is 2. The van der Waals surface area contributed by atoms with Gasteiger partial charge in [0.1, 0.15) is 5.56 Å². The highest BCUT2D eigenvalue weighted by Crippen LogP contribution is 2.20. The first-order valence-corrected chi connectivity index (χ1v) is 9.73. The van der Waals surface area contributed by atoms with Gasteiger partial charge >= 0.3 is 0 Å². The third kappa shape index (κ3) is 5.42. The molecule has 0 aliphatic carbocycles. The number of amides is 1. The Morgan fingerprint density at radius 1 is 1.24 bits per heavy atom. The number of carbonyl (C=O) groups is 1. The van der Waals surface area contributed by atoms with Gasteiger partial charge < -0.3 is 24.8 Å². The Kier molecular flexibility index (Phi) is 7.00. The summed E-state index contributed by atoms with van der Waals surface area (Å²) in [6.45, 7) is 4.16. The lowest BCUT2D eigenvalue weighted by Crippen LogP contribution is -2.55. The molecule has 29 heavy (non-hydrogen) atoms. The number of methoxy groups -OCH3 is 2. The highest BCUT2D eigenvalue weighted by atomic mass is 16.5. The Labute approximate surface area is 170 Å². The van der Waals surface area contributed by atoms with Crippen LogP contribution in [0, 0.1) is 6.92 Å². The highest BCUT2D eigenvalue weighted by Gasteiger charge is 2.30. The maximum Gasteiger partial charge on any atom is 0.257 e. The first-order valence-electron chi connectivity index (χ1n) is 9.73. The molecular formula is C21H28N4O4. The van der Waals surface area contributed by atoms with Crippen molar-refractivity contribution in [3.8, 4) is 11.8 Å². The SMILES string of the molecule is COc1ccc(C(=O)N[C@@H]2CN(CCc3cccc(C)n3)CC[C@H]2O)c(OC)n1. The van der Waals surface area contributed by atoms with Gasteiger partial charge in [-0.3, -0.25) is 9.78 Å². The van der Waals surface area contributed by atoms with Crippen LogP contribution >= 0.6 is 0 Å². The van der Waals surface area contributed by atoms with Gasteiger partial charge in [0.15, 0.2) is 0 Å². The Morgan fingerprint density at radius 3 is 2.79 bits per heavy atom. The molecule has 0 bridgehead atoms. The summed E-state index contributed by atoms with van der Waals surface area (Å²) in [5.41, 5.74) is 2.36. The fourth-order valence-corrected chi connectivity index (χ4v) is 3.48. The number of pyridine rings is 2. The topological polar surface area (TPSA) is 96.8 Å². The quantitative estimate of drug-likeness (QED) is 0.721. The number of likely N-dealkylation sites (tertiary alicyclic amines) is 1. The van der Waals surface area contributed by atoms with Gasteiger partial charge in [-0.05, 0) is 31.5 Å². The van der Waals surface area contributed by atoms with Crippen molar-refractivity contribution in [1.29, 1.82) is 0 Å². The van der Waals surface area contributed by atoms with Crippen molar-refractivity contribution in [3.05, 3.63) is 47.3 Å². The van der Waals surface area contributed by atoms with Gasteiger partial charge in [0.05, 0.1) is 26.4 Å². The number of aliphatic hydroxyl groups excluding tert-OH is 1. The first kappa shape index (κ1) is 21.0. The maximum absolute atomic E-state index is 12.7. The van der Waals surface area contributed by atoms with E-state index in [1.54, 1.807) is 12.1 Å². The third-order valence-electron chi connectivity index (χ3n) is 5.09. The zero-order valence-electron chi connectivity index (χ0n) is 17.1. The number of hydrogen-bond acceptors (Lipinski definition) is 7. The van der Waals surface area contributed by atoms with Crippen LogP contribution in [-0.2, 0) is 6.42 Å². The van der Waals surface area contributed by atoms with Crippen LogP contribution in [-0.4, -0.2) is 71.9 Å². The molecule has 3 heterocycles. The number of aryl methyl sites for hydroxylation is 1. The summed E-state index contributed by atoms with van der Waals surface area (Å²) in [6, 6.07) is 8.86. The van der Waals surface area contributed by atoms with Crippen molar-refractivity contribution in [3.63, 3.8) is 0 Å². The van der Waals surface area contributed by atoms with Gasteiger partial charge in [-0.25, -0.2) is 0 Å². The van der Waals surface area contributed by atoms with Crippen molar-refractivity contribution >= 4 is 5.91 Å². The minimum atomic E-state index is -0.593. The van der Waals surface area contributed by atoms with Crippen LogP contribution in [0.15, 0.2) is 30.3 Å². The second kappa shape index (κ2) is 9.67. The molecule has 3 rings (SSSR count). The minimum absolute atomic E-state index is 0.189. The molecule has 1 aliphatic heterocycles. The molecule has 8 heteroatoms. The van der Waals surface area contributed by atoms with Crippen molar-refractivity contribution in [2.24, 2.45) is 0 Å². The van der Waals surface area contributed by atoms with Gasteiger partial charge in [-0.2, -0.15) is 4.98 Å². The van der Waals surface area contributed by atoms with Crippen molar-refractivity contribution < 1.29 is 19.4 Å². The first-order chi connectivity index (χ1) is 14.0. The van der Waals surface area contributed by atoms with E-state index in [9.17, 15) is 9.90 Å². The molecule has 2 N–H and O–H groups in total. The Bertz CT molecular complexity index is 845. The molecule has 8 nitrogen and oxygen atoms in total. The average Bonchev–Trinajstić information content (AvgIpc) is 2.73. The predicted octanol–water partition coefficient (Wildman–Crippen LogP) is 1.21. The number of hydrogen-bond donors (Lipinski definition) is 2. The third-order valence-corrected chi connectivity index (χ3v) is 5.09. The molecule has 0 unspecified atom stereocenters. The number of piperidine rings is 1. The maximum atomic E-state index is 12.7. The van der Waals surface area contributed by atoms with Gasteiger partial charge in [0, 0.05) is 43.5 Å². The summed E-state index contributed by atoms with van der Waals surface area (Å²) in [6.07, 6.45) is 0.836. The second-order valence-electron chi connectivity index (χ2n) is 7.17. The molecule has 1 amide bonds. The monoisotopic (exact) mass is 400 g/mol. The zero-order valence-corrected chi connectivity index (χ0v) is 17.1. The van der Waals surface area contributed by atoms with Crippen molar-refractivity contribution in [2.45, 2.75) is 31.9 Å². The summed E-state index contributed by atoms with van der Waals surface area (Å²) >= 11 is 0. The standard InChI is InChI=1S/C21H28N4O4/c1-14-5-4-6-15(22-14)9-11-25-12-10-18(26)17(13-25)23-20(27)16-7-8-19(28-2)24-21(16)29-3/h4-8,17-18,26H,9-13H2,1-3H3,(H,23,27)/t17-,18-/m1/s1. The Balaban J connectivity index is 1.61. The Morgan fingerprint density at radius 2 is 2.07 bits per heavy atom. The largest absolute Gasteiger partial charge is 0.481 e. The molecule has 156 valence electrons. The lowest BCUT2D eigenvalue weighted by atomic mass is 10.0. The number of nitrogens with zero attached hydrogens (tertiary/aromatic N) is 3. The number of aromatic nitrogens is 2. The lowest BCUT2D eigenvalue weighted by Gasteiger charge is -2.36. The molecular weight excluding hydrogens is 372 g/mol. The van der Waals surface area contributed by atoms with Crippen LogP contribution in [0.25, 0.3) is 0 Å². The average molecular weight is 400 g/mol. The van der Waals surface area contributed by atoms with E-state index in [2.05, 4.69) is 20.2 Å². The van der Waals surface area contributed by atoms with Gasteiger partial charge in [-0.15, -0.1) is 0 Å². The number of aliphatic hydroxyl groups is 1. The summed E-state index contributed by atoms with van der Waals surface area (Å²) in [5, 5.41) is 13.3. The summed E-state index contributed by atoms with van der Waals surface area (Å²) < 4.78 is 10.3. The molecule has 2 atom stereocenters. The van der Waals surface area contributed by atoms with E-state index < -0.39 is 6.10 Å². The lowest BCUT2D eigenvalue weighted by molar-refractivity contribution is 0.0437. The molecule has 0 saturated carbocycles. The van der Waals surface area contributed by atoms with E-state index >= 15 is 0 Å². The van der Waals surface area contributed by atoms with Crippen LogP contribution in [0.2, 0.25) is 0 Å². The molecule has 1 fully saturated rings. The van der Waals surface area contributed by atoms with E-state index in [4.69, 9.17) is 9.47 Å². The van der Waals surface area contributed by atoms with E-state index in [-0.39, 0.29) is 17.8 Å². The fraction of sp³-hybridized carbons (Fsp3) is 0.476. The van der Waals surface area contributed by atoms with E-state index in [1.165, 1.54) is 14.2 Å². The molecule has 2 aromatic heterocycles. The summed E-state index contributed by atoms with van der Waals surface area (Å²) in [7, 11) is 2.95. The second-order valence-corrected chi connectivity index (χ2v) is 7.17.